The SMILES string of the molecule is CC(C)(C)c1ccc(NC2C=CS(=O)(=O)C2)cc1. The van der Waals surface area contributed by atoms with E-state index in [1.165, 1.54) is 11.0 Å². The fourth-order valence-corrected chi connectivity index (χ4v) is 3.18. The lowest BCUT2D eigenvalue weighted by molar-refractivity contribution is 0.590. The number of rotatable bonds is 2. The van der Waals surface area contributed by atoms with Gasteiger partial charge in [-0.15, -0.1) is 0 Å². The molecule has 1 unspecified atom stereocenters. The molecular weight excluding hydrogens is 246 g/mol. The van der Waals surface area contributed by atoms with Crippen LogP contribution >= 0.6 is 0 Å². The van der Waals surface area contributed by atoms with Crippen LogP contribution in [0.4, 0.5) is 5.69 Å². The summed E-state index contributed by atoms with van der Waals surface area (Å²) in [5.41, 5.74) is 2.35. The summed E-state index contributed by atoms with van der Waals surface area (Å²) >= 11 is 0. The third-order valence-corrected chi connectivity index (χ3v) is 4.43. The molecule has 1 aromatic carbocycles. The molecule has 3 nitrogen and oxygen atoms in total. The van der Waals surface area contributed by atoms with Crippen molar-refractivity contribution < 1.29 is 8.42 Å². The molecule has 0 radical (unpaired) electrons. The summed E-state index contributed by atoms with van der Waals surface area (Å²) in [6.45, 7) is 6.51. The molecule has 0 bridgehead atoms. The average Bonchev–Trinajstić information content (AvgIpc) is 2.57. The third-order valence-electron chi connectivity index (χ3n) is 3.03. The van der Waals surface area contributed by atoms with Crippen molar-refractivity contribution >= 4 is 15.5 Å². The van der Waals surface area contributed by atoms with Crippen LogP contribution in [0, 0.1) is 0 Å². The molecular formula is C14H19NO2S. The quantitative estimate of drug-likeness (QED) is 0.894. The van der Waals surface area contributed by atoms with Gasteiger partial charge in [-0.1, -0.05) is 39.0 Å². The van der Waals surface area contributed by atoms with Crippen LogP contribution in [0.5, 0.6) is 0 Å². The van der Waals surface area contributed by atoms with Crippen LogP contribution in [0.15, 0.2) is 35.7 Å². The molecule has 1 atom stereocenters. The molecule has 1 heterocycles. The van der Waals surface area contributed by atoms with Crippen molar-refractivity contribution in [1.29, 1.82) is 0 Å². The number of anilines is 1. The van der Waals surface area contributed by atoms with E-state index in [1.807, 2.05) is 12.1 Å². The van der Waals surface area contributed by atoms with Gasteiger partial charge < -0.3 is 5.32 Å². The van der Waals surface area contributed by atoms with E-state index >= 15 is 0 Å². The Morgan fingerprint density at radius 3 is 2.22 bits per heavy atom. The molecule has 0 saturated carbocycles. The van der Waals surface area contributed by atoms with E-state index in [0.717, 1.165) is 5.69 Å². The minimum atomic E-state index is -2.99. The van der Waals surface area contributed by atoms with Gasteiger partial charge >= 0.3 is 0 Å². The van der Waals surface area contributed by atoms with E-state index < -0.39 is 9.84 Å². The molecule has 1 aliphatic heterocycles. The molecule has 0 fully saturated rings. The summed E-state index contributed by atoms with van der Waals surface area (Å²) < 4.78 is 22.6. The molecule has 4 heteroatoms. The van der Waals surface area contributed by atoms with E-state index in [0.29, 0.717) is 0 Å². The van der Waals surface area contributed by atoms with Gasteiger partial charge in [0, 0.05) is 11.1 Å². The number of sulfone groups is 1. The van der Waals surface area contributed by atoms with Gasteiger partial charge in [-0.05, 0) is 23.1 Å². The first kappa shape index (κ1) is 13.1. The average molecular weight is 265 g/mol. The molecule has 0 amide bonds. The molecule has 98 valence electrons. The van der Waals surface area contributed by atoms with Crippen molar-refractivity contribution in [2.45, 2.75) is 32.2 Å². The van der Waals surface area contributed by atoms with Crippen molar-refractivity contribution in [3.05, 3.63) is 41.3 Å². The first-order chi connectivity index (χ1) is 8.26. The summed E-state index contributed by atoms with van der Waals surface area (Å²) in [6.07, 6.45) is 1.70. The highest BCUT2D eigenvalue weighted by atomic mass is 32.2. The van der Waals surface area contributed by atoms with Crippen molar-refractivity contribution in [1.82, 2.24) is 0 Å². The van der Waals surface area contributed by atoms with Crippen LogP contribution in [-0.2, 0) is 15.3 Å². The maximum atomic E-state index is 11.3. The normalized spacial score (nSPS) is 22.1. The zero-order chi connectivity index (χ0) is 13.4. The molecule has 0 saturated heterocycles. The lowest BCUT2D eigenvalue weighted by atomic mass is 9.87. The maximum absolute atomic E-state index is 11.3. The number of hydrogen-bond acceptors (Lipinski definition) is 3. The Hall–Kier alpha value is -1.29. The number of hydrogen-bond donors (Lipinski definition) is 1. The zero-order valence-corrected chi connectivity index (χ0v) is 11.8. The summed E-state index contributed by atoms with van der Waals surface area (Å²) in [5.74, 6) is 0.147. The van der Waals surface area contributed by atoms with Crippen molar-refractivity contribution in [3.63, 3.8) is 0 Å². The topological polar surface area (TPSA) is 46.2 Å². The monoisotopic (exact) mass is 265 g/mol. The van der Waals surface area contributed by atoms with Gasteiger partial charge in [-0.3, -0.25) is 0 Å². The Morgan fingerprint density at radius 1 is 1.17 bits per heavy atom. The Labute approximate surface area is 109 Å². The Morgan fingerprint density at radius 2 is 1.78 bits per heavy atom. The van der Waals surface area contributed by atoms with Crippen LogP contribution in [0.1, 0.15) is 26.3 Å². The van der Waals surface area contributed by atoms with E-state index in [4.69, 9.17) is 0 Å². The summed E-state index contributed by atoms with van der Waals surface area (Å²) in [4.78, 5) is 0. The lowest BCUT2D eigenvalue weighted by Crippen LogP contribution is -2.21. The molecule has 1 aromatic rings. The molecule has 0 aliphatic carbocycles. The van der Waals surface area contributed by atoms with Crippen LogP contribution in [0.2, 0.25) is 0 Å². The second-order valence-corrected chi connectivity index (χ2v) is 7.67. The molecule has 2 rings (SSSR count). The fourth-order valence-electron chi connectivity index (χ4n) is 1.95. The predicted octanol–water partition coefficient (Wildman–Crippen LogP) is 2.71. The van der Waals surface area contributed by atoms with Gasteiger partial charge in [0.1, 0.15) is 0 Å². The minimum Gasteiger partial charge on any atom is -0.378 e. The highest BCUT2D eigenvalue weighted by Gasteiger charge is 2.21. The van der Waals surface area contributed by atoms with E-state index in [1.54, 1.807) is 6.08 Å². The van der Waals surface area contributed by atoms with E-state index in [-0.39, 0.29) is 17.2 Å². The van der Waals surface area contributed by atoms with Gasteiger partial charge in [0.05, 0.1) is 11.8 Å². The molecule has 1 N–H and O–H groups in total. The summed E-state index contributed by atoms with van der Waals surface area (Å²) in [5, 5.41) is 4.50. The first-order valence-electron chi connectivity index (χ1n) is 6.04. The van der Waals surface area contributed by atoms with Crippen LogP contribution in [0.3, 0.4) is 0 Å². The predicted molar refractivity (Wildman–Crippen MR) is 75.5 cm³/mol. The second kappa shape index (κ2) is 4.43. The van der Waals surface area contributed by atoms with Crippen molar-refractivity contribution in [2.75, 3.05) is 11.1 Å². The third kappa shape index (κ3) is 3.13. The maximum Gasteiger partial charge on any atom is 0.173 e. The van der Waals surface area contributed by atoms with Gasteiger partial charge in [0.25, 0.3) is 0 Å². The molecule has 0 aromatic heterocycles. The first-order valence-corrected chi connectivity index (χ1v) is 7.76. The number of nitrogens with one attached hydrogen (secondary N) is 1. The lowest BCUT2D eigenvalue weighted by Gasteiger charge is -2.20. The second-order valence-electron chi connectivity index (χ2n) is 5.74. The Balaban J connectivity index is 2.06. The van der Waals surface area contributed by atoms with Crippen molar-refractivity contribution in [3.8, 4) is 0 Å². The van der Waals surface area contributed by atoms with E-state index in [2.05, 4.69) is 38.2 Å². The van der Waals surface area contributed by atoms with Crippen molar-refractivity contribution in [2.24, 2.45) is 0 Å². The zero-order valence-electron chi connectivity index (χ0n) is 11.0. The smallest absolute Gasteiger partial charge is 0.173 e. The fraction of sp³-hybridized carbons (Fsp3) is 0.429. The van der Waals surface area contributed by atoms with Crippen LogP contribution in [0.25, 0.3) is 0 Å². The molecule has 1 aliphatic rings. The number of benzene rings is 1. The van der Waals surface area contributed by atoms with Gasteiger partial charge in [-0.25, -0.2) is 8.42 Å². The van der Waals surface area contributed by atoms with Crippen LogP contribution in [-0.4, -0.2) is 20.2 Å². The minimum absolute atomic E-state index is 0.115. The van der Waals surface area contributed by atoms with Gasteiger partial charge in [-0.2, -0.15) is 0 Å². The molecule has 0 spiro atoms. The van der Waals surface area contributed by atoms with Crippen LogP contribution < -0.4 is 5.32 Å². The highest BCUT2D eigenvalue weighted by Crippen LogP contribution is 2.24. The van der Waals surface area contributed by atoms with Gasteiger partial charge in [0.2, 0.25) is 0 Å². The van der Waals surface area contributed by atoms with Gasteiger partial charge in [0.15, 0.2) is 9.84 Å². The summed E-state index contributed by atoms with van der Waals surface area (Å²) in [6, 6.07) is 8.04. The standard InChI is InChI=1S/C14H19NO2S/c1-14(2,3)11-4-6-12(7-5-11)15-13-8-9-18(16,17)10-13/h4-9,13,15H,10H2,1-3H3. The largest absolute Gasteiger partial charge is 0.378 e. The van der Waals surface area contributed by atoms with E-state index in [9.17, 15) is 8.42 Å². The Kier molecular flexibility index (Phi) is 3.23. The molecule has 18 heavy (non-hydrogen) atoms. The summed E-state index contributed by atoms with van der Waals surface area (Å²) in [7, 11) is -2.99. The highest BCUT2D eigenvalue weighted by molar-refractivity contribution is 7.94. The Bertz CT molecular complexity index is 550.